The average molecular weight is 354 g/mol. The van der Waals surface area contributed by atoms with Crippen LogP contribution in [0.2, 0.25) is 19.6 Å². The molecular formula is C18H27FO4Si. The minimum atomic E-state index is -2.19. The van der Waals surface area contributed by atoms with Gasteiger partial charge in [0.15, 0.2) is 0 Å². The summed E-state index contributed by atoms with van der Waals surface area (Å²) in [7, 11) is -2.19. The van der Waals surface area contributed by atoms with Crippen molar-refractivity contribution in [1.29, 1.82) is 0 Å². The first-order valence-corrected chi connectivity index (χ1v) is 11.7. The summed E-state index contributed by atoms with van der Waals surface area (Å²) in [4.78, 5) is 24.3. The average Bonchev–Trinajstić information content (AvgIpc) is 2.48. The van der Waals surface area contributed by atoms with E-state index in [0.717, 1.165) is 0 Å². The molecule has 0 aromatic heterocycles. The van der Waals surface area contributed by atoms with Gasteiger partial charge in [0, 0.05) is 5.56 Å². The Labute approximate surface area is 144 Å². The van der Waals surface area contributed by atoms with Crippen molar-refractivity contribution >= 4 is 20.0 Å². The third-order valence-electron chi connectivity index (χ3n) is 4.44. The predicted molar refractivity (Wildman–Crippen MR) is 94.1 cm³/mol. The van der Waals surface area contributed by atoms with Crippen LogP contribution in [0.3, 0.4) is 0 Å². The molecular weight excluding hydrogens is 327 g/mol. The van der Waals surface area contributed by atoms with Crippen LogP contribution in [0.25, 0.3) is 0 Å². The fourth-order valence-electron chi connectivity index (χ4n) is 2.57. The van der Waals surface area contributed by atoms with Gasteiger partial charge < -0.3 is 9.47 Å². The van der Waals surface area contributed by atoms with Crippen molar-refractivity contribution in [2.75, 3.05) is 13.2 Å². The Morgan fingerprint density at radius 3 is 2.21 bits per heavy atom. The zero-order chi connectivity index (χ0) is 18.5. The molecule has 134 valence electrons. The van der Waals surface area contributed by atoms with E-state index < -0.39 is 30.9 Å². The van der Waals surface area contributed by atoms with Crippen molar-refractivity contribution in [3.05, 3.63) is 35.1 Å². The van der Waals surface area contributed by atoms with Gasteiger partial charge in [-0.15, -0.1) is 0 Å². The van der Waals surface area contributed by atoms with E-state index in [-0.39, 0.29) is 25.2 Å². The molecule has 0 fully saturated rings. The predicted octanol–water partition coefficient (Wildman–Crippen LogP) is 3.63. The highest BCUT2D eigenvalue weighted by Crippen LogP contribution is 2.37. The Bertz CT molecular complexity index is 610. The maximum Gasteiger partial charge on any atom is 0.313 e. The van der Waals surface area contributed by atoms with Gasteiger partial charge in [-0.3, -0.25) is 9.59 Å². The van der Waals surface area contributed by atoms with E-state index in [1.807, 2.05) is 19.6 Å². The van der Waals surface area contributed by atoms with E-state index >= 15 is 4.39 Å². The van der Waals surface area contributed by atoms with Crippen LogP contribution in [-0.2, 0) is 30.5 Å². The molecule has 1 unspecified atom stereocenters. The molecule has 1 rings (SSSR count). The first-order valence-electron chi connectivity index (χ1n) is 8.20. The van der Waals surface area contributed by atoms with Gasteiger partial charge in [0.05, 0.1) is 32.7 Å². The van der Waals surface area contributed by atoms with Gasteiger partial charge in [-0.05, 0) is 26.3 Å². The number of hydrogen-bond donors (Lipinski definition) is 0. The van der Waals surface area contributed by atoms with Crippen molar-refractivity contribution in [2.45, 2.75) is 51.9 Å². The van der Waals surface area contributed by atoms with Crippen LogP contribution >= 0.6 is 0 Å². The van der Waals surface area contributed by atoms with Crippen molar-refractivity contribution < 1.29 is 23.5 Å². The summed E-state index contributed by atoms with van der Waals surface area (Å²) in [5, 5.41) is -1.04. The van der Waals surface area contributed by atoms with E-state index in [1.165, 1.54) is 0 Å². The Hall–Kier alpha value is -1.69. The topological polar surface area (TPSA) is 52.6 Å². The van der Waals surface area contributed by atoms with Gasteiger partial charge >= 0.3 is 11.9 Å². The highest BCUT2D eigenvalue weighted by Gasteiger charge is 2.50. The van der Waals surface area contributed by atoms with Crippen LogP contribution in [0.5, 0.6) is 0 Å². The van der Waals surface area contributed by atoms with Crippen LogP contribution in [0.4, 0.5) is 4.39 Å². The molecule has 0 aliphatic heterocycles. The van der Waals surface area contributed by atoms with E-state index in [0.29, 0.717) is 5.56 Å². The third-order valence-corrected chi connectivity index (χ3v) is 7.91. The molecule has 0 radical (unpaired) electrons. The Morgan fingerprint density at radius 1 is 1.12 bits per heavy atom. The van der Waals surface area contributed by atoms with Crippen LogP contribution in [0.1, 0.15) is 31.9 Å². The summed E-state index contributed by atoms with van der Waals surface area (Å²) in [6.07, 6.45) is -0.155. The SMILES string of the molecule is CCOC(=O)Cc1cccc(C(C)(C(=O)OCC)[Si](C)(C)C)c1F. The van der Waals surface area contributed by atoms with Gasteiger partial charge in [-0.1, -0.05) is 37.8 Å². The second-order valence-corrected chi connectivity index (χ2v) is 12.4. The first-order chi connectivity index (χ1) is 11.1. The molecule has 24 heavy (non-hydrogen) atoms. The molecule has 0 N–H and O–H groups in total. The molecule has 6 heteroatoms. The molecule has 0 heterocycles. The lowest BCUT2D eigenvalue weighted by Gasteiger charge is -2.39. The Morgan fingerprint density at radius 2 is 1.71 bits per heavy atom. The van der Waals surface area contributed by atoms with Crippen LogP contribution in [0, 0.1) is 5.82 Å². The molecule has 0 spiro atoms. The van der Waals surface area contributed by atoms with Gasteiger partial charge in [-0.2, -0.15) is 0 Å². The molecule has 0 aliphatic rings. The number of hydrogen-bond acceptors (Lipinski definition) is 4. The summed E-state index contributed by atoms with van der Waals surface area (Å²) < 4.78 is 25.2. The zero-order valence-electron chi connectivity index (χ0n) is 15.4. The summed E-state index contributed by atoms with van der Waals surface area (Å²) in [6, 6.07) is 4.83. The van der Waals surface area contributed by atoms with E-state index in [2.05, 4.69) is 0 Å². The first kappa shape index (κ1) is 20.4. The van der Waals surface area contributed by atoms with E-state index in [9.17, 15) is 9.59 Å². The number of carbonyl (C=O) groups excluding carboxylic acids is 2. The largest absolute Gasteiger partial charge is 0.466 e. The second kappa shape index (κ2) is 7.92. The molecule has 0 saturated heterocycles. The molecule has 4 nitrogen and oxygen atoms in total. The molecule has 0 bridgehead atoms. The monoisotopic (exact) mass is 354 g/mol. The Kier molecular flexibility index (Phi) is 6.72. The minimum absolute atomic E-state index is 0.155. The lowest BCUT2D eigenvalue weighted by Crippen LogP contribution is -2.54. The van der Waals surface area contributed by atoms with Gasteiger partial charge in [0.2, 0.25) is 0 Å². The van der Waals surface area contributed by atoms with Crippen LogP contribution in [-0.4, -0.2) is 33.2 Å². The summed E-state index contributed by atoms with van der Waals surface area (Å²) in [5.74, 6) is -1.43. The minimum Gasteiger partial charge on any atom is -0.466 e. The van der Waals surface area contributed by atoms with Gasteiger partial charge in [-0.25, -0.2) is 4.39 Å². The van der Waals surface area contributed by atoms with Crippen molar-refractivity contribution in [3.8, 4) is 0 Å². The lowest BCUT2D eigenvalue weighted by atomic mass is 9.95. The molecule has 1 aromatic carbocycles. The third kappa shape index (κ3) is 4.04. The van der Waals surface area contributed by atoms with Crippen molar-refractivity contribution in [2.24, 2.45) is 0 Å². The quantitative estimate of drug-likeness (QED) is 0.554. The maximum absolute atomic E-state index is 15.1. The van der Waals surface area contributed by atoms with Crippen LogP contribution < -0.4 is 0 Å². The number of carbonyl (C=O) groups is 2. The lowest BCUT2D eigenvalue weighted by molar-refractivity contribution is -0.146. The summed E-state index contributed by atoms with van der Waals surface area (Å²) in [6.45, 7) is 11.7. The van der Waals surface area contributed by atoms with Gasteiger partial charge in [0.1, 0.15) is 5.82 Å². The van der Waals surface area contributed by atoms with Crippen molar-refractivity contribution in [3.63, 3.8) is 0 Å². The molecule has 0 aliphatic carbocycles. The van der Waals surface area contributed by atoms with E-state index in [4.69, 9.17) is 9.47 Å². The number of benzene rings is 1. The highest BCUT2D eigenvalue weighted by atomic mass is 28.3. The molecule has 1 atom stereocenters. The smallest absolute Gasteiger partial charge is 0.313 e. The number of halogens is 1. The molecule has 0 amide bonds. The molecule has 0 saturated carbocycles. The number of ether oxygens (including phenoxy) is 2. The van der Waals surface area contributed by atoms with E-state index in [1.54, 1.807) is 39.0 Å². The summed E-state index contributed by atoms with van der Waals surface area (Å²) >= 11 is 0. The highest BCUT2D eigenvalue weighted by molar-refractivity contribution is 6.82. The Balaban J connectivity index is 3.40. The zero-order valence-corrected chi connectivity index (χ0v) is 16.4. The maximum atomic E-state index is 15.1. The fourth-order valence-corrected chi connectivity index (χ4v) is 4.25. The number of esters is 2. The summed E-state index contributed by atoms with van der Waals surface area (Å²) in [5.41, 5.74) is 0.529. The number of rotatable bonds is 7. The standard InChI is InChI=1S/C18H27FO4Si/c1-7-22-15(20)12-13-10-9-11-14(16(13)19)18(3,24(4,5)6)17(21)23-8-2/h9-11H,7-8,12H2,1-6H3. The van der Waals surface area contributed by atoms with Gasteiger partial charge in [0.25, 0.3) is 0 Å². The molecule has 1 aromatic rings. The van der Waals surface area contributed by atoms with Crippen molar-refractivity contribution in [1.82, 2.24) is 0 Å². The van der Waals surface area contributed by atoms with Crippen LogP contribution in [0.15, 0.2) is 18.2 Å². The second-order valence-electron chi connectivity index (χ2n) is 6.86. The normalized spacial score (nSPS) is 14.0. The fraction of sp³-hybridized carbons (Fsp3) is 0.556.